The van der Waals surface area contributed by atoms with E-state index < -0.39 is 4.92 Å². The Morgan fingerprint density at radius 1 is 1.47 bits per heavy atom. The van der Waals surface area contributed by atoms with Gasteiger partial charge in [-0.15, -0.1) is 0 Å². The van der Waals surface area contributed by atoms with Crippen molar-refractivity contribution in [3.05, 3.63) is 15.8 Å². The van der Waals surface area contributed by atoms with Crippen molar-refractivity contribution in [2.24, 2.45) is 0 Å². The molecule has 106 valence electrons. The maximum Gasteiger partial charge on any atom is 0.333 e. The van der Waals surface area contributed by atoms with E-state index in [9.17, 15) is 14.9 Å². The smallest absolute Gasteiger partial charge is 0.333 e. The predicted molar refractivity (Wildman–Crippen MR) is 71.1 cm³/mol. The second kappa shape index (κ2) is 6.72. The van der Waals surface area contributed by atoms with Crippen LogP contribution in [-0.2, 0) is 11.3 Å². The van der Waals surface area contributed by atoms with Crippen LogP contribution >= 0.6 is 0 Å². The third kappa shape index (κ3) is 3.94. The first-order chi connectivity index (χ1) is 8.97. The Hall–Kier alpha value is -2.12. The fourth-order valence-corrected chi connectivity index (χ4v) is 1.76. The zero-order chi connectivity index (χ0) is 14.4. The molecule has 0 fully saturated rings. The van der Waals surface area contributed by atoms with Gasteiger partial charge in [-0.1, -0.05) is 6.92 Å². The quantitative estimate of drug-likeness (QED) is 0.437. The normalized spacial score (nSPS) is 10.3. The van der Waals surface area contributed by atoms with Crippen LogP contribution in [0.3, 0.4) is 0 Å². The van der Waals surface area contributed by atoms with Gasteiger partial charge in [-0.05, 0) is 13.3 Å². The van der Waals surface area contributed by atoms with Crippen LogP contribution in [0.2, 0.25) is 0 Å². The molecular weight excluding hydrogens is 250 g/mol. The summed E-state index contributed by atoms with van der Waals surface area (Å²) in [6.45, 7) is 6.44. The fourth-order valence-electron chi connectivity index (χ4n) is 1.76. The number of hydrogen-bond acceptors (Lipinski definition) is 5. The van der Waals surface area contributed by atoms with Crippen molar-refractivity contribution >= 4 is 17.4 Å². The molecule has 1 amide bonds. The van der Waals surface area contributed by atoms with Crippen LogP contribution in [0.5, 0.6) is 0 Å². The van der Waals surface area contributed by atoms with E-state index in [1.165, 1.54) is 6.92 Å². The number of anilines is 1. The zero-order valence-electron chi connectivity index (χ0n) is 11.4. The number of nitro groups is 1. The number of carbonyl (C=O) groups excluding carboxylic acids is 1. The molecule has 0 atom stereocenters. The van der Waals surface area contributed by atoms with Gasteiger partial charge in [0, 0.05) is 26.6 Å². The Bertz CT molecular complexity index is 469. The molecule has 0 aromatic carbocycles. The minimum Gasteiger partial charge on any atom is -0.363 e. The lowest BCUT2D eigenvalue weighted by Gasteiger charge is -2.08. The number of aromatic nitrogens is 2. The van der Waals surface area contributed by atoms with Crippen LogP contribution in [0.25, 0.3) is 0 Å². The number of aryl methyl sites for hydroxylation is 2. The standard InChI is InChI=1S/C11H19N5O3/c1-4-7-15-11(13-6-5-12-9(3)17)10(16(18)19)8(2)14-15/h13H,4-7H2,1-3H3,(H,12,17). The van der Waals surface area contributed by atoms with Crippen LogP contribution < -0.4 is 10.6 Å². The van der Waals surface area contributed by atoms with Crippen LogP contribution in [-0.4, -0.2) is 33.7 Å². The maximum absolute atomic E-state index is 11.0. The molecule has 0 saturated heterocycles. The van der Waals surface area contributed by atoms with Crippen LogP contribution in [0.15, 0.2) is 0 Å². The van der Waals surface area contributed by atoms with Crippen molar-refractivity contribution in [1.29, 1.82) is 0 Å². The minimum atomic E-state index is -0.435. The Balaban J connectivity index is 2.82. The topological polar surface area (TPSA) is 102 Å². The third-order valence-electron chi connectivity index (χ3n) is 2.51. The van der Waals surface area contributed by atoms with Gasteiger partial charge in [0.15, 0.2) is 0 Å². The molecular formula is C11H19N5O3. The molecule has 0 spiro atoms. The van der Waals surface area contributed by atoms with E-state index in [1.54, 1.807) is 11.6 Å². The van der Waals surface area contributed by atoms with Gasteiger partial charge in [0.25, 0.3) is 0 Å². The van der Waals surface area contributed by atoms with E-state index in [-0.39, 0.29) is 11.6 Å². The zero-order valence-corrected chi connectivity index (χ0v) is 11.4. The summed E-state index contributed by atoms with van der Waals surface area (Å²) in [5.74, 6) is 0.268. The van der Waals surface area contributed by atoms with Crippen LogP contribution in [0.4, 0.5) is 11.5 Å². The fraction of sp³-hybridized carbons (Fsp3) is 0.636. The number of nitrogens with zero attached hydrogens (tertiary/aromatic N) is 3. The highest BCUT2D eigenvalue weighted by atomic mass is 16.6. The first kappa shape index (κ1) is 14.9. The maximum atomic E-state index is 11.0. The second-order valence-corrected chi connectivity index (χ2v) is 4.17. The van der Waals surface area contributed by atoms with Gasteiger partial charge in [0.1, 0.15) is 5.69 Å². The van der Waals surface area contributed by atoms with Crippen molar-refractivity contribution in [2.45, 2.75) is 33.7 Å². The van der Waals surface area contributed by atoms with Crippen molar-refractivity contribution in [3.63, 3.8) is 0 Å². The Kier molecular flexibility index (Phi) is 5.28. The lowest BCUT2D eigenvalue weighted by Crippen LogP contribution is -2.27. The van der Waals surface area contributed by atoms with Crippen LogP contribution in [0.1, 0.15) is 26.0 Å². The summed E-state index contributed by atoms with van der Waals surface area (Å²) in [6.07, 6.45) is 0.832. The largest absolute Gasteiger partial charge is 0.363 e. The molecule has 1 aromatic heterocycles. The molecule has 8 heteroatoms. The van der Waals surface area contributed by atoms with E-state index in [4.69, 9.17) is 0 Å². The van der Waals surface area contributed by atoms with E-state index in [1.807, 2.05) is 6.92 Å². The predicted octanol–water partition coefficient (Wildman–Crippen LogP) is 1.06. The van der Waals surface area contributed by atoms with Gasteiger partial charge < -0.3 is 10.6 Å². The molecule has 0 aliphatic heterocycles. The van der Waals surface area contributed by atoms with Gasteiger partial charge in [0.2, 0.25) is 11.7 Å². The molecule has 1 rings (SSSR count). The number of carbonyl (C=O) groups is 1. The highest BCUT2D eigenvalue weighted by molar-refractivity contribution is 5.72. The Morgan fingerprint density at radius 3 is 2.68 bits per heavy atom. The summed E-state index contributed by atoms with van der Waals surface area (Å²) in [6, 6.07) is 0. The molecule has 0 radical (unpaired) electrons. The summed E-state index contributed by atoms with van der Waals surface area (Å²) in [7, 11) is 0. The molecule has 1 aromatic rings. The molecule has 0 unspecified atom stereocenters. The lowest BCUT2D eigenvalue weighted by atomic mass is 10.3. The van der Waals surface area contributed by atoms with Crippen LogP contribution in [0, 0.1) is 17.0 Å². The van der Waals surface area contributed by atoms with Gasteiger partial charge in [0.05, 0.1) is 4.92 Å². The molecule has 0 saturated carbocycles. The number of hydrogen-bond donors (Lipinski definition) is 2. The molecule has 2 N–H and O–H groups in total. The second-order valence-electron chi connectivity index (χ2n) is 4.17. The first-order valence-electron chi connectivity index (χ1n) is 6.17. The average Bonchev–Trinajstić information content (AvgIpc) is 2.61. The van der Waals surface area contributed by atoms with Crippen molar-refractivity contribution in [3.8, 4) is 0 Å². The van der Waals surface area contributed by atoms with E-state index in [0.717, 1.165) is 6.42 Å². The first-order valence-corrected chi connectivity index (χ1v) is 6.17. The minimum absolute atomic E-state index is 0.00345. The molecule has 0 bridgehead atoms. The summed E-state index contributed by atoms with van der Waals surface area (Å²) in [5.41, 5.74) is 0.386. The lowest BCUT2D eigenvalue weighted by molar-refractivity contribution is -0.384. The Morgan fingerprint density at radius 2 is 2.16 bits per heavy atom. The van der Waals surface area contributed by atoms with E-state index in [2.05, 4.69) is 15.7 Å². The van der Waals surface area contributed by atoms with Gasteiger partial charge >= 0.3 is 5.69 Å². The third-order valence-corrected chi connectivity index (χ3v) is 2.51. The van der Waals surface area contributed by atoms with Gasteiger partial charge in [-0.2, -0.15) is 5.10 Å². The molecule has 0 aliphatic rings. The van der Waals surface area contributed by atoms with Crippen molar-refractivity contribution < 1.29 is 9.72 Å². The number of amides is 1. The SMILES string of the molecule is CCCn1nc(C)c([N+](=O)[O-])c1NCCNC(C)=O. The number of nitrogens with one attached hydrogen (secondary N) is 2. The highest BCUT2D eigenvalue weighted by Gasteiger charge is 2.24. The van der Waals surface area contributed by atoms with Gasteiger partial charge in [-0.3, -0.25) is 14.9 Å². The van der Waals surface area contributed by atoms with E-state index >= 15 is 0 Å². The summed E-state index contributed by atoms with van der Waals surface area (Å²) >= 11 is 0. The summed E-state index contributed by atoms with van der Waals surface area (Å²) in [4.78, 5) is 21.3. The van der Waals surface area contributed by atoms with Gasteiger partial charge in [-0.25, -0.2) is 4.68 Å². The van der Waals surface area contributed by atoms with E-state index in [0.29, 0.717) is 31.1 Å². The number of rotatable bonds is 7. The molecule has 0 aliphatic carbocycles. The summed E-state index contributed by atoms with van der Waals surface area (Å²) < 4.78 is 1.60. The van der Waals surface area contributed by atoms with Crippen molar-refractivity contribution in [2.75, 3.05) is 18.4 Å². The average molecular weight is 269 g/mol. The monoisotopic (exact) mass is 269 g/mol. The Labute approximate surface area is 111 Å². The van der Waals surface area contributed by atoms with Crippen molar-refractivity contribution in [1.82, 2.24) is 15.1 Å². The molecule has 1 heterocycles. The highest BCUT2D eigenvalue weighted by Crippen LogP contribution is 2.28. The molecule has 19 heavy (non-hydrogen) atoms. The molecule has 8 nitrogen and oxygen atoms in total. The summed E-state index contributed by atoms with van der Waals surface area (Å²) in [5, 5.41) is 20.8.